The van der Waals surface area contributed by atoms with Crippen LogP contribution in [-0.2, 0) is 6.54 Å². The molecule has 92 valence electrons. The number of hydrogen-bond acceptors (Lipinski definition) is 5. The molecule has 16 heavy (non-hydrogen) atoms. The molecular weight excluding hydrogens is 222 g/mol. The van der Waals surface area contributed by atoms with Gasteiger partial charge in [0.25, 0.3) is 0 Å². The van der Waals surface area contributed by atoms with E-state index in [-0.39, 0.29) is 0 Å². The van der Waals surface area contributed by atoms with Crippen LogP contribution in [0.4, 0.5) is 0 Å². The van der Waals surface area contributed by atoms with Gasteiger partial charge in [0.2, 0.25) is 0 Å². The molecule has 5 heteroatoms. The Morgan fingerprint density at radius 1 is 1.56 bits per heavy atom. The lowest BCUT2D eigenvalue weighted by atomic mass is 9.95. The third-order valence-corrected chi connectivity index (χ3v) is 3.03. The zero-order valence-electron chi connectivity index (χ0n) is 10.2. The molecule has 0 aromatic carbocycles. The van der Waals surface area contributed by atoms with Gasteiger partial charge in [0.05, 0.1) is 11.3 Å². The summed E-state index contributed by atoms with van der Waals surface area (Å²) >= 11 is 1.35. The van der Waals surface area contributed by atoms with E-state index >= 15 is 0 Å². The van der Waals surface area contributed by atoms with E-state index in [2.05, 4.69) is 28.8 Å². The molecule has 1 atom stereocenters. The fraction of sp³-hybridized carbons (Fsp3) is 0.818. The van der Waals surface area contributed by atoms with Gasteiger partial charge < -0.3 is 10.4 Å². The van der Waals surface area contributed by atoms with Crippen molar-refractivity contribution in [2.45, 2.75) is 45.8 Å². The molecule has 0 aliphatic carbocycles. The zero-order chi connectivity index (χ0) is 12.0. The Morgan fingerprint density at radius 2 is 2.31 bits per heavy atom. The molecule has 1 heterocycles. The first-order valence-corrected chi connectivity index (χ1v) is 6.52. The molecule has 0 saturated heterocycles. The van der Waals surface area contributed by atoms with Gasteiger partial charge in [0.1, 0.15) is 0 Å². The third kappa shape index (κ3) is 5.53. The van der Waals surface area contributed by atoms with Gasteiger partial charge in [-0.1, -0.05) is 18.3 Å². The van der Waals surface area contributed by atoms with Gasteiger partial charge in [-0.15, -0.1) is 5.10 Å². The fourth-order valence-corrected chi connectivity index (χ4v) is 1.86. The highest BCUT2D eigenvalue weighted by Gasteiger charge is 2.19. The summed E-state index contributed by atoms with van der Waals surface area (Å²) in [6.45, 7) is 7.49. The van der Waals surface area contributed by atoms with Gasteiger partial charge in [-0.25, -0.2) is 0 Å². The summed E-state index contributed by atoms with van der Waals surface area (Å²) in [4.78, 5) is 0. The Labute approximate surface area is 101 Å². The summed E-state index contributed by atoms with van der Waals surface area (Å²) in [5.74, 6) is 0.634. The fourth-order valence-electron chi connectivity index (χ4n) is 1.41. The van der Waals surface area contributed by atoms with Gasteiger partial charge >= 0.3 is 0 Å². The normalized spacial score (nSPS) is 15.3. The molecule has 0 bridgehead atoms. The highest BCUT2D eigenvalue weighted by atomic mass is 32.1. The maximum atomic E-state index is 10.1. The van der Waals surface area contributed by atoms with Crippen LogP contribution in [0.3, 0.4) is 0 Å². The quantitative estimate of drug-likeness (QED) is 0.767. The lowest BCUT2D eigenvalue weighted by molar-refractivity contribution is 0.0450. The Bertz CT molecular complexity index is 285. The van der Waals surface area contributed by atoms with Crippen molar-refractivity contribution in [1.29, 1.82) is 0 Å². The highest BCUT2D eigenvalue weighted by molar-refractivity contribution is 7.03. The first kappa shape index (κ1) is 13.5. The van der Waals surface area contributed by atoms with E-state index in [4.69, 9.17) is 0 Å². The second-order valence-electron chi connectivity index (χ2n) is 4.93. The van der Waals surface area contributed by atoms with E-state index in [1.165, 1.54) is 11.5 Å². The number of nitrogens with one attached hydrogen (secondary N) is 1. The number of rotatable bonds is 7. The second kappa shape index (κ2) is 6.27. The van der Waals surface area contributed by atoms with Crippen molar-refractivity contribution >= 4 is 11.5 Å². The van der Waals surface area contributed by atoms with Crippen molar-refractivity contribution in [3.05, 3.63) is 11.1 Å². The van der Waals surface area contributed by atoms with Crippen LogP contribution in [0, 0.1) is 5.92 Å². The average molecular weight is 243 g/mol. The topological polar surface area (TPSA) is 58.0 Å². The summed E-state index contributed by atoms with van der Waals surface area (Å²) in [6, 6.07) is 0. The van der Waals surface area contributed by atoms with E-state index in [1.807, 2.05) is 12.3 Å². The van der Waals surface area contributed by atoms with E-state index in [1.54, 1.807) is 0 Å². The minimum atomic E-state index is -0.631. The first-order chi connectivity index (χ1) is 7.49. The first-order valence-electron chi connectivity index (χ1n) is 5.68. The minimum absolute atomic E-state index is 0.594. The van der Waals surface area contributed by atoms with Gasteiger partial charge in [0.15, 0.2) is 0 Å². The van der Waals surface area contributed by atoms with E-state index in [9.17, 15) is 5.11 Å². The van der Waals surface area contributed by atoms with Crippen molar-refractivity contribution in [2.24, 2.45) is 5.92 Å². The predicted octanol–water partition coefficient (Wildman–Crippen LogP) is 1.81. The number of nitrogens with zero attached hydrogens (tertiary/aromatic N) is 2. The molecule has 0 saturated carbocycles. The van der Waals surface area contributed by atoms with Crippen LogP contribution in [0.1, 0.15) is 39.3 Å². The number of hydrogen-bond donors (Lipinski definition) is 2. The maximum absolute atomic E-state index is 10.1. The molecule has 0 aliphatic heterocycles. The number of aromatic nitrogens is 2. The maximum Gasteiger partial charge on any atom is 0.0893 e. The van der Waals surface area contributed by atoms with Crippen LogP contribution in [-0.4, -0.2) is 26.8 Å². The lowest BCUT2D eigenvalue weighted by Gasteiger charge is -2.24. The van der Waals surface area contributed by atoms with Gasteiger partial charge in [0, 0.05) is 18.5 Å². The van der Waals surface area contributed by atoms with Crippen LogP contribution in [0.15, 0.2) is 5.38 Å². The Balaban J connectivity index is 2.20. The molecule has 0 fully saturated rings. The highest BCUT2D eigenvalue weighted by Crippen LogP contribution is 2.15. The van der Waals surface area contributed by atoms with Crippen LogP contribution < -0.4 is 5.32 Å². The number of aliphatic hydroxyl groups is 1. The molecule has 0 spiro atoms. The molecule has 0 amide bonds. The minimum Gasteiger partial charge on any atom is -0.389 e. The average Bonchev–Trinajstić information content (AvgIpc) is 2.68. The van der Waals surface area contributed by atoms with E-state index in [0.29, 0.717) is 19.0 Å². The summed E-state index contributed by atoms with van der Waals surface area (Å²) in [5, 5.41) is 19.1. The molecule has 1 aromatic rings. The summed E-state index contributed by atoms with van der Waals surface area (Å²) in [6.07, 6.45) is 1.87. The Kier molecular flexibility index (Phi) is 5.31. The summed E-state index contributed by atoms with van der Waals surface area (Å²) < 4.78 is 3.79. The van der Waals surface area contributed by atoms with Crippen molar-refractivity contribution in [2.75, 3.05) is 6.54 Å². The summed E-state index contributed by atoms with van der Waals surface area (Å²) in [7, 11) is 0. The van der Waals surface area contributed by atoms with Crippen LogP contribution >= 0.6 is 11.5 Å². The largest absolute Gasteiger partial charge is 0.389 e. The van der Waals surface area contributed by atoms with Crippen molar-refractivity contribution in [3.8, 4) is 0 Å². The van der Waals surface area contributed by atoms with Gasteiger partial charge in [-0.2, -0.15) is 0 Å². The van der Waals surface area contributed by atoms with Gasteiger partial charge in [-0.05, 0) is 37.2 Å². The van der Waals surface area contributed by atoms with Crippen molar-refractivity contribution < 1.29 is 5.11 Å². The van der Waals surface area contributed by atoms with Crippen LogP contribution in [0.2, 0.25) is 0 Å². The van der Waals surface area contributed by atoms with Crippen LogP contribution in [0.5, 0.6) is 0 Å². The molecule has 2 N–H and O–H groups in total. The Morgan fingerprint density at radius 3 is 2.88 bits per heavy atom. The smallest absolute Gasteiger partial charge is 0.0893 e. The molecule has 4 nitrogen and oxygen atoms in total. The third-order valence-electron chi connectivity index (χ3n) is 2.48. The summed E-state index contributed by atoms with van der Waals surface area (Å²) in [5.41, 5.74) is 0.304. The van der Waals surface area contributed by atoms with Crippen molar-refractivity contribution in [1.82, 2.24) is 14.9 Å². The lowest BCUT2D eigenvalue weighted by Crippen LogP contribution is -2.37. The van der Waals surface area contributed by atoms with E-state index in [0.717, 1.165) is 18.5 Å². The van der Waals surface area contributed by atoms with E-state index < -0.39 is 5.60 Å². The SMILES string of the molecule is CC(C)CCC(C)(O)CNCc1csnn1. The molecule has 0 radical (unpaired) electrons. The van der Waals surface area contributed by atoms with Gasteiger partial charge in [-0.3, -0.25) is 0 Å². The predicted molar refractivity (Wildman–Crippen MR) is 66.3 cm³/mol. The van der Waals surface area contributed by atoms with Crippen LogP contribution in [0.25, 0.3) is 0 Å². The second-order valence-corrected chi connectivity index (χ2v) is 5.54. The zero-order valence-corrected chi connectivity index (χ0v) is 11.0. The van der Waals surface area contributed by atoms with Crippen molar-refractivity contribution in [3.63, 3.8) is 0 Å². The standard InChI is InChI=1S/C11H21N3OS/c1-9(2)4-5-11(3,15)8-12-6-10-7-16-14-13-10/h7,9,12,15H,4-6,8H2,1-3H3. The molecule has 1 unspecified atom stereocenters. The molecule has 1 aromatic heterocycles. The molecule has 1 rings (SSSR count). The Hall–Kier alpha value is -0.520. The monoisotopic (exact) mass is 243 g/mol. The molecule has 0 aliphatic rings. The molecular formula is C11H21N3OS.